The number of aliphatic hydroxyl groups excluding tert-OH is 2. The molecule has 4 rings (SSSR count). The van der Waals surface area contributed by atoms with E-state index in [0.29, 0.717) is 24.7 Å². The van der Waals surface area contributed by atoms with E-state index in [1.54, 1.807) is 41.5 Å². The number of rotatable bonds is 12. The van der Waals surface area contributed by atoms with Gasteiger partial charge in [0.15, 0.2) is 11.9 Å². The van der Waals surface area contributed by atoms with Gasteiger partial charge in [0, 0.05) is 6.42 Å². The summed E-state index contributed by atoms with van der Waals surface area (Å²) in [6.07, 6.45) is -2.68. The number of benzene rings is 1. The molecule has 1 aromatic heterocycles. The molecule has 2 fully saturated rings. The summed E-state index contributed by atoms with van der Waals surface area (Å²) in [5, 5.41) is 47.8. The van der Waals surface area contributed by atoms with Gasteiger partial charge in [0.1, 0.15) is 47.7 Å². The fraction of sp³-hybridized carbons (Fsp3) is 0.564. The number of amidine groups is 1. The van der Waals surface area contributed by atoms with Crippen molar-refractivity contribution in [1.29, 1.82) is 10.7 Å². The van der Waals surface area contributed by atoms with Crippen LogP contribution in [0.3, 0.4) is 0 Å². The number of ether oxygens (including phenoxy) is 4. The van der Waals surface area contributed by atoms with Crippen LogP contribution in [-0.4, -0.2) is 99.1 Å². The monoisotopic (exact) mass is 797 g/mol. The van der Waals surface area contributed by atoms with E-state index < -0.39 is 83.2 Å². The summed E-state index contributed by atoms with van der Waals surface area (Å²) >= 11 is 0. The number of esters is 1. The molecule has 7 N–H and O–H groups in total. The number of nitriles is 1. The Morgan fingerprint density at radius 1 is 1.05 bits per heavy atom. The van der Waals surface area contributed by atoms with Crippen LogP contribution >= 0.6 is 0 Å². The lowest BCUT2D eigenvalue weighted by Crippen LogP contribution is -2.53. The Morgan fingerprint density at radius 2 is 1.68 bits per heavy atom. The second kappa shape index (κ2) is 18.3. The summed E-state index contributed by atoms with van der Waals surface area (Å²) in [4.78, 5) is 59.4. The summed E-state index contributed by atoms with van der Waals surface area (Å²) in [6.45, 7) is 9.35. The Balaban J connectivity index is 1.54. The Labute approximate surface area is 330 Å². The van der Waals surface area contributed by atoms with Gasteiger partial charge in [-0.15, -0.1) is 0 Å². The third kappa shape index (κ3) is 11.8. The zero-order valence-corrected chi connectivity index (χ0v) is 32.9. The van der Waals surface area contributed by atoms with Gasteiger partial charge in [-0.3, -0.25) is 15.0 Å². The van der Waals surface area contributed by atoms with Crippen LogP contribution < -0.4 is 16.0 Å². The third-order valence-corrected chi connectivity index (χ3v) is 9.24. The molecule has 310 valence electrons. The van der Waals surface area contributed by atoms with Crippen LogP contribution in [0.2, 0.25) is 0 Å². The molecule has 1 aliphatic heterocycles. The molecule has 2 aromatic rings. The molecule has 0 radical (unpaired) electrons. The standard InChI is InChI=1S/C39H52FN7O10/c1-36(2,3)56-34(52)45-26(18-23-10-12-24(40)13-11-23)33(51)46-32(43-22-42)25-14-15-28(44-25)39(21-41)31(50)30(27(20-48)55-39)54-29(49)19-38(16-8-7-9-17-38)47-35(53)57-37(4,5)6/h10-15,22,26-27,30-31,44,48,50H,7-9,16-20H2,1-6H3,(H,45,52)(H,47,53)(H2,42,43,46,51)/t26-,27+,30+,31+,39-/m0/s1. The van der Waals surface area contributed by atoms with Crippen molar-refractivity contribution in [2.45, 2.75) is 133 Å². The van der Waals surface area contributed by atoms with Gasteiger partial charge in [0.05, 0.1) is 30.0 Å². The number of aliphatic hydroxyl groups is 2. The average Bonchev–Trinajstić information content (AvgIpc) is 3.71. The first kappa shape index (κ1) is 44.3. The lowest BCUT2D eigenvalue weighted by atomic mass is 9.79. The number of halogens is 1. The molecule has 57 heavy (non-hydrogen) atoms. The highest BCUT2D eigenvalue weighted by molar-refractivity contribution is 6.10. The van der Waals surface area contributed by atoms with Crippen molar-refractivity contribution in [3.05, 3.63) is 59.2 Å². The number of aromatic amines is 1. The van der Waals surface area contributed by atoms with Crippen molar-refractivity contribution in [3.63, 3.8) is 0 Å². The summed E-state index contributed by atoms with van der Waals surface area (Å²) in [5.74, 6) is -2.32. The van der Waals surface area contributed by atoms with E-state index in [9.17, 15) is 39.0 Å². The zero-order valence-electron chi connectivity index (χ0n) is 32.9. The van der Waals surface area contributed by atoms with Gasteiger partial charge in [-0.2, -0.15) is 5.26 Å². The zero-order chi connectivity index (χ0) is 42.2. The third-order valence-electron chi connectivity index (χ3n) is 9.24. The number of H-pyrrole nitrogens is 1. The summed E-state index contributed by atoms with van der Waals surface area (Å²) in [6, 6.07) is 8.69. The van der Waals surface area contributed by atoms with E-state index >= 15 is 0 Å². The Hall–Kier alpha value is -5.38. The van der Waals surface area contributed by atoms with Gasteiger partial charge >= 0.3 is 18.2 Å². The van der Waals surface area contributed by atoms with Crippen molar-refractivity contribution in [2.24, 2.45) is 4.99 Å². The van der Waals surface area contributed by atoms with E-state index in [-0.39, 0.29) is 30.1 Å². The van der Waals surface area contributed by atoms with Crippen molar-refractivity contribution in [1.82, 2.24) is 20.9 Å². The molecule has 1 aliphatic carbocycles. The van der Waals surface area contributed by atoms with E-state index in [4.69, 9.17) is 24.4 Å². The number of carbonyl (C=O) groups is 4. The van der Waals surface area contributed by atoms with Crippen LogP contribution in [-0.2, 0) is 40.6 Å². The van der Waals surface area contributed by atoms with Gasteiger partial charge < -0.3 is 50.1 Å². The number of alkyl carbamates (subject to hydrolysis) is 2. The van der Waals surface area contributed by atoms with E-state index in [2.05, 4.69) is 25.9 Å². The molecule has 1 saturated heterocycles. The highest BCUT2D eigenvalue weighted by Gasteiger charge is 2.59. The number of hydrogen-bond donors (Lipinski definition) is 7. The first-order valence-corrected chi connectivity index (χ1v) is 18.6. The summed E-state index contributed by atoms with van der Waals surface area (Å²) < 4.78 is 36.0. The lowest BCUT2D eigenvalue weighted by Gasteiger charge is -2.38. The van der Waals surface area contributed by atoms with E-state index in [1.807, 2.05) is 6.07 Å². The highest BCUT2D eigenvalue weighted by atomic mass is 19.1. The van der Waals surface area contributed by atoms with Gasteiger partial charge in [0.2, 0.25) is 11.5 Å². The van der Waals surface area contributed by atoms with Gasteiger partial charge in [-0.05, 0) is 84.2 Å². The van der Waals surface area contributed by atoms with Crippen molar-refractivity contribution < 1.29 is 52.7 Å². The van der Waals surface area contributed by atoms with Gasteiger partial charge in [-0.25, -0.2) is 19.0 Å². The van der Waals surface area contributed by atoms with Crippen LogP contribution in [0.15, 0.2) is 41.4 Å². The number of nitrogens with zero attached hydrogens (tertiary/aromatic N) is 2. The minimum absolute atomic E-state index is 0.0403. The van der Waals surface area contributed by atoms with Crippen molar-refractivity contribution in [3.8, 4) is 6.07 Å². The number of nitrogens with one attached hydrogen (secondary N) is 5. The smallest absolute Gasteiger partial charge is 0.408 e. The van der Waals surface area contributed by atoms with E-state index in [0.717, 1.165) is 19.3 Å². The second-order valence-electron chi connectivity index (χ2n) is 16.1. The molecule has 2 aliphatic rings. The van der Waals surface area contributed by atoms with Crippen LogP contribution in [0.5, 0.6) is 0 Å². The summed E-state index contributed by atoms with van der Waals surface area (Å²) in [5.41, 5.74) is -4.39. The fourth-order valence-electron chi connectivity index (χ4n) is 6.73. The van der Waals surface area contributed by atoms with Crippen LogP contribution in [0.4, 0.5) is 14.0 Å². The Kier molecular flexibility index (Phi) is 14.2. The normalized spacial score (nSPS) is 22.7. The van der Waals surface area contributed by atoms with E-state index in [1.165, 1.54) is 36.4 Å². The Bertz CT molecular complexity index is 1840. The SMILES string of the molecule is CC(C)(C)OC(=O)N[C@@H](Cc1ccc(F)cc1)C(=O)N/C(=N/C=N)c1ccc([C@]2(C#N)O[C@H](CO)[C@@H](OC(=O)CC3(NC(=O)OC(C)(C)C)CCCCC3)[C@H]2O)[nH]1. The quantitative estimate of drug-likeness (QED) is 0.0704. The lowest BCUT2D eigenvalue weighted by molar-refractivity contribution is -0.158. The topological polar surface area (TPSA) is 258 Å². The maximum atomic E-state index is 13.7. The number of amides is 3. The first-order chi connectivity index (χ1) is 26.7. The largest absolute Gasteiger partial charge is 0.456 e. The van der Waals surface area contributed by atoms with Crippen LogP contribution in [0.1, 0.15) is 97.0 Å². The molecule has 1 saturated carbocycles. The van der Waals surface area contributed by atoms with Gasteiger partial charge in [-0.1, -0.05) is 31.4 Å². The van der Waals surface area contributed by atoms with Crippen LogP contribution in [0.25, 0.3) is 0 Å². The van der Waals surface area contributed by atoms with Crippen LogP contribution in [0, 0.1) is 22.6 Å². The minimum Gasteiger partial charge on any atom is -0.456 e. The molecule has 17 nitrogen and oxygen atoms in total. The van der Waals surface area contributed by atoms with Gasteiger partial charge in [0.25, 0.3) is 0 Å². The number of hydrogen-bond acceptors (Lipinski definition) is 12. The highest BCUT2D eigenvalue weighted by Crippen LogP contribution is 2.41. The molecule has 1 aromatic carbocycles. The molecule has 2 heterocycles. The minimum atomic E-state index is -2.23. The number of aliphatic imine (C=N–C) groups is 1. The van der Waals surface area contributed by atoms with Crippen molar-refractivity contribution in [2.75, 3.05) is 6.61 Å². The molecule has 0 unspecified atom stereocenters. The molecule has 3 amide bonds. The molecule has 5 atom stereocenters. The predicted molar refractivity (Wildman–Crippen MR) is 202 cm³/mol. The maximum absolute atomic E-state index is 13.7. The molecular weight excluding hydrogens is 745 g/mol. The van der Waals surface area contributed by atoms with Crippen molar-refractivity contribution >= 4 is 36.2 Å². The number of aromatic nitrogens is 1. The fourth-order valence-corrected chi connectivity index (χ4v) is 6.73. The molecule has 0 spiro atoms. The average molecular weight is 798 g/mol. The molecule has 0 bridgehead atoms. The first-order valence-electron chi connectivity index (χ1n) is 18.6. The second-order valence-corrected chi connectivity index (χ2v) is 16.1. The molecule has 18 heteroatoms. The predicted octanol–water partition coefficient (Wildman–Crippen LogP) is 3.76. The molecular formula is C39H52FN7O10. The number of carbonyl (C=O) groups excluding carboxylic acids is 4. The summed E-state index contributed by atoms with van der Waals surface area (Å²) in [7, 11) is 0. The Morgan fingerprint density at radius 3 is 2.26 bits per heavy atom. The maximum Gasteiger partial charge on any atom is 0.408 e.